The van der Waals surface area contributed by atoms with Gasteiger partial charge in [0.15, 0.2) is 17.8 Å². The fourth-order valence-corrected chi connectivity index (χ4v) is 1.76. The monoisotopic (exact) mass is 254 g/mol. The molecule has 0 aromatic heterocycles. The first-order chi connectivity index (χ1) is 8.65. The Morgan fingerprint density at radius 2 is 2.22 bits per heavy atom. The summed E-state index contributed by atoms with van der Waals surface area (Å²) in [5.41, 5.74) is 0. The lowest BCUT2D eigenvalue weighted by molar-refractivity contribution is -0.132. The normalized spacial score (nSPS) is 19.3. The molecule has 18 heavy (non-hydrogen) atoms. The van der Waals surface area contributed by atoms with E-state index >= 15 is 0 Å². The molecule has 1 aliphatic heterocycles. The van der Waals surface area contributed by atoms with Gasteiger partial charge < -0.3 is 14.2 Å². The zero-order valence-corrected chi connectivity index (χ0v) is 10.1. The number of benzene rings is 1. The summed E-state index contributed by atoms with van der Waals surface area (Å²) in [6.45, 7) is 1.90. The number of rotatable bonds is 3. The van der Waals surface area contributed by atoms with Crippen LogP contribution in [0.1, 0.15) is 26.2 Å². The third-order valence-electron chi connectivity index (χ3n) is 2.56. The summed E-state index contributed by atoms with van der Waals surface area (Å²) in [4.78, 5) is 10.9. The van der Waals surface area contributed by atoms with Crippen LogP contribution in [0, 0.1) is 5.82 Å². The summed E-state index contributed by atoms with van der Waals surface area (Å²) >= 11 is 0. The largest absolute Gasteiger partial charge is 0.461 e. The van der Waals surface area contributed by atoms with E-state index in [1.54, 1.807) is 0 Å². The van der Waals surface area contributed by atoms with Crippen LogP contribution in [0.5, 0.6) is 11.5 Å². The molecule has 0 radical (unpaired) electrons. The van der Waals surface area contributed by atoms with Gasteiger partial charge in [0, 0.05) is 19.4 Å². The summed E-state index contributed by atoms with van der Waals surface area (Å²) in [5, 5.41) is 0. The maximum atomic E-state index is 13.1. The van der Waals surface area contributed by atoms with Crippen molar-refractivity contribution in [3.8, 4) is 11.5 Å². The van der Waals surface area contributed by atoms with Gasteiger partial charge in [-0.25, -0.2) is 4.39 Å². The van der Waals surface area contributed by atoms with Gasteiger partial charge in [-0.05, 0) is 25.0 Å². The van der Waals surface area contributed by atoms with E-state index in [9.17, 15) is 9.18 Å². The van der Waals surface area contributed by atoms with Crippen molar-refractivity contribution in [1.29, 1.82) is 0 Å². The molecule has 5 heteroatoms. The predicted octanol–water partition coefficient (Wildman–Crippen LogP) is 2.66. The van der Waals surface area contributed by atoms with E-state index < -0.39 is 11.8 Å². The quantitative estimate of drug-likeness (QED) is 0.614. The minimum Gasteiger partial charge on any atom is -0.461 e. The van der Waals surface area contributed by atoms with Crippen molar-refractivity contribution in [2.24, 2.45) is 0 Å². The van der Waals surface area contributed by atoms with Crippen molar-refractivity contribution in [3.05, 3.63) is 24.0 Å². The molecule has 0 aliphatic carbocycles. The van der Waals surface area contributed by atoms with Crippen LogP contribution < -0.4 is 9.47 Å². The van der Waals surface area contributed by atoms with Crippen molar-refractivity contribution in [2.75, 3.05) is 6.61 Å². The van der Waals surface area contributed by atoms with Crippen LogP contribution in [0.3, 0.4) is 0 Å². The Hall–Kier alpha value is -1.62. The third-order valence-corrected chi connectivity index (χ3v) is 2.56. The Morgan fingerprint density at radius 3 is 2.89 bits per heavy atom. The molecule has 4 nitrogen and oxygen atoms in total. The molecule has 1 unspecified atom stereocenters. The van der Waals surface area contributed by atoms with Crippen LogP contribution in [-0.4, -0.2) is 18.9 Å². The van der Waals surface area contributed by atoms with Crippen LogP contribution in [-0.2, 0) is 9.53 Å². The lowest BCUT2D eigenvalue weighted by Crippen LogP contribution is -2.25. The molecule has 1 aromatic rings. The van der Waals surface area contributed by atoms with Gasteiger partial charge in [0.2, 0.25) is 0 Å². The molecule has 0 amide bonds. The van der Waals surface area contributed by atoms with Gasteiger partial charge in [0.1, 0.15) is 5.82 Å². The minimum absolute atomic E-state index is 0.0803. The highest BCUT2D eigenvalue weighted by Crippen LogP contribution is 2.30. The Labute approximate surface area is 105 Å². The smallest absolute Gasteiger partial charge is 0.308 e. The van der Waals surface area contributed by atoms with Crippen molar-refractivity contribution in [2.45, 2.75) is 32.5 Å². The summed E-state index contributed by atoms with van der Waals surface area (Å²) in [6.07, 6.45) is 2.45. The summed E-state index contributed by atoms with van der Waals surface area (Å²) in [6, 6.07) is 3.82. The average molecular weight is 254 g/mol. The van der Waals surface area contributed by atoms with Crippen LogP contribution >= 0.6 is 0 Å². The lowest BCUT2D eigenvalue weighted by Gasteiger charge is -2.24. The van der Waals surface area contributed by atoms with Gasteiger partial charge in [-0.15, -0.1) is 0 Å². The molecule has 1 atom stereocenters. The van der Waals surface area contributed by atoms with E-state index in [1.807, 2.05) is 0 Å². The molecule has 1 saturated heterocycles. The fourth-order valence-electron chi connectivity index (χ4n) is 1.76. The van der Waals surface area contributed by atoms with Gasteiger partial charge in [-0.2, -0.15) is 0 Å². The van der Waals surface area contributed by atoms with Crippen LogP contribution in [0.15, 0.2) is 18.2 Å². The van der Waals surface area contributed by atoms with Crippen molar-refractivity contribution in [1.82, 2.24) is 0 Å². The molecule has 0 saturated carbocycles. The van der Waals surface area contributed by atoms with Gasteiger partial charge in [0.05, 0.1) is 6.61 Å². The number of carbonyl (C=O) groups is 1. The average Bonchev–Trinajstić information content (AvgIpc) is 2.33. The highest BCUT2D eigenvalue weighted by molar-refractivity contribution is 5.70. The molecule has 2 rings (SSSR count). The summed E-state index contributed by atoms with van der Waals surface area (Å²) in [7, 11) is 0. The van der Waals surface area contributed by atoms with E-state index in [2.05, 4.69) is 0 Å². The Kier molecular flexibility index (Phi) is 4.15. The maximum Gasteiger partial charge on any atom is 0.308 e. The molecular weight excluding hydrogens is 239 g/mol. The minimum atomic E-state index is -0.519. The maximum absolute atomic E-state index is 13.1. The lowest BCUT2D eigenvalue weighted by atomic mass is 10.2. The summed E-state index contributed by atoms with van der Waals surface area (Å²) < 4.78 is 29.0. The topological polar surface area (TPSA) is 44.8 Å². The molecule has 1 heterocycles. The zero-order valence-electron chi connectivity index (χ0n) is 10.1. The van der Waals surface area contributed by atoms with Gasteiger partial charge in [0.25, 0.3) is 0 Å². The molecule has 1 aliphatic rings. The Bertz CT molecular complexity index is 427. The van der Waals surface area contributed by atoms with E-state index in [1.165, 1.54) is 19.1 Å². The SMILES string of the molecule is CC(=O)Oc1cc(F)ccc1OC1CCCCO1. The second-order valence-electron chi connectivity index (χ2n) is 4.10. The van der Waals surface area contributed by atoms with Crippen LogP contribution in [0.25, 0.3) is 0 Å². The predicted molar refractivity (Wildman–Crippen MR) is 61.9 cm³/mol. The molecule has 0 N–H and O–H groups in total. The molecule has 1 fully saturated rings. The number of hydrogen-bond acceptors (Lipinski definition) is 4. The Morgan fingerprint density at radius 1 is 1.39 bits per heavy atom. The van der Waals surface area contributed by atoms with Gasteiger partial charge in [-0.3, -0.25) is 4.79 Å². The van der Waals surface area contributed by atoms with Crippen molar-refractivity contribution in [3.63, 3.8) is 0 Å². The molecular formula is C13H15FO4. The first kappa shape index (κ1) is 12.8. The van der Waals surface area contributed by atoms with Gasteiger partial charge >= 0.3 is 5.97 Å². The van der Waals surface area contributed by atoms with Crippen molar-refractivity contribution < 1.29 is 23.4 Å². The van der Waals surface area contributed by atoms with E-state index in [-0.39, 0.29) is 12.0 Å². The molecule has 0 bridgehead atoms. The summed E-state index contributed by atoms with van der Waals surface area (Å²) in [5.74, 6) is -0.603. The van der Waals surface area contributed by atoms with Gasteiger partial charge in [-0.1, -0.05) is 0 Å². The van der Waals surface area contributed by atoms with E-state index in [0.29, 0.717) is 12.4 Å². The highest BCUT2D eigenvalue weighted by atomic mass is 19.1. The first-order valence-electron chi connectivity index (χ1n) is 5.91. The standard InChI is InChI=1S/C13H15FO4/c1-9(15)17-12-8-10(14)5-6-11(12)18-13-4-2-3-7-16-13/h5-6,8,13H,2-4,7H2,1H3. The van der Waals surface area contributed by atoms with Crippen LogP contribution in [0.2, 0.25) is 0 Å². The fraction of sp³-hybridized carbons (Fsp3) is 0.462. The molecule has 0 spiro atoms. The number of ether oxygens (including phenoxy) is 3. The molecule has 1 aromatic carbocycles. The third kappa shape index (κ3) is 3.43. The number of halogens is 1. The zero-order chi connectivity index (χ0) is 13.0. The van der Waals surface area contributed by atoms with E-state index in [4.69, 9.17) is 14.2 Å². The first-order valence-corrected chi connectivity index (χ1v) is 5.91. The molecule has 98 valence electrons. The Balaban J connectivity index is 2.12. The van der Waals surface area contributed by atoms with Crippen LogP contribution in [0.4, 0.5) is 4.39 Å². The highest BCUT2D eigenvalue weighted by Gasteiger charge is 2.18. The second-order valence-corrected chi connectivity index (χ2v) is 4.10. The number of esters is 1. The second kappa shape index (κ2) is 5.82. The van der Waals surface area contributed by atoms with E-state index in [0.717, 1.165) is 25.3 Å². The number of hydrogen-bond donors (Lipinski definition) is 0. The number of carbonyl (C=O) groups excluding carboxylic acids is 1. The van der Waals surface area contributed by atoms with Crippen molar-refractivity contribution >= 4 is 5.97 Å².